The maximum Gasteiger partial charge on any atom is 0.122 e. The molecule has 0 aliphatic heterocycles. The van der Waals surface area contributed by atoms with Crippen molar-refractivity contribution in [3.63, 3.8) is 0 Å². The summed E-state index contributed by atoms with van der Waals surface area (Å²) in [5.41, 5.74) is 1.72. The number of nitrogens with zero attached hydrogens (tertiary/aromatic N) is 3. The van der Waals surface area contributed by atoms with E-state index in [-0.39, 0.29) is 0 Å². The lowest BCUT2D eigenvalue weighted by Crippen LogP contribution is -2.11. The predicted molar refractivity (Wildman–Crippen MR) is 72.0 cm³/mol. The molecule has 1 aromatic heterocycles. The molecule has 1 unspecified atom stereocenters. The molecular weight excluding hydrogens is 242 g/mol. The van der Waals surface area contributed by atoms with Gasteiger partial charge in [0.2, 0.25) is 0 Å². The van der Waals surface area contributed by atoms with Crippen LogP contribution in [0.2, 0.25) is 0 Å². The van der Waals surface area contributed by atoms with Gasteiger partial charge in [0.15, 0.2) is 0 Å². The number of aromatic nitrogens is 3. The highest BCUT2D eigenvalue weighted by Crippen LogP contribution is 2.24. The number of aryl methyl sites for hydroxylation is 1. The molecule has 5 heteroatoms. The van der Waals surface area contributed by atoms with Crippen LogP contribution in [0.25, 0.3) is 0 Å². The normalized spacial score (nSPS) is 12.4. The summed E-state index contributed by atoms with van der Waals surface area (Å²) in [6.45, 7) is 2.83. The van der Waals surface area contributed by atoms with Gasteiger partial charge in [0, 0.05) is 13.0 Å². The summed E-state index contributed by atoms with van der Waals surface area (Å²) in [6, 6.07) is 7.70. The second-order valence-electron chi connectivity index (χ2n) is 4.41. The van der Waals surface area contributed by atoms with Crippen molar-refractivity contribution in [2.75, 3.05) is 7.11 Å². The molecule has 1 N–H and O–H groups in total. The van der Waals surface area contributed by atoms with Crippen molar-refractivity contribution in [1.82, 2.24) is 15.0 Å². The third kappa shape index (κ3) is 3.12. The maximum absolute atomic E-state index is 10.3. The Bertz CT molecular complexity index is 525. The van der Waals surface area contributed by atoms with Crippen molar-refractivity contribution in [2.45, 2.75) is 32.4 Å². The quantitative estimate of drug-likeness (QED) is 0.863. The van der Waals surface area contributed by atoms with Crippen LogP contribution in [-0.4, -0.2) is 27.2 Å². The topological polar surface area (TPSA) is 60.2 Å². The summed E-state index contributed by atoms with van der Waals surface area (Å²) in [7, 11) is 1.63. The second-order valence-corrected chi connectivity index (χ2v) is 4.41. The average Bonchev–Trinajstić information content (AvgIpc) is 2.88. The van der Waals surface area contributed by atoms with Crippen LogP contribution < -0.4 is 4.74 Å². The van der Waals surface area contributed by atoms with Crippen LogP contribution in [0.5, 0.6) is 5.75 Å². The van der Waals surface area contributed by atoms with Crippen molar-refractivity contribution in [2.24, 2.45) is 0 Å². The summed E-state index contributed by atoms with van der Waals surface area (Å²) < 4.78 is 7.04. The minimum atomic E-state index is -0.627. The zero-order valence-electron chi connectivity index (χ0n) is 11.3. The Labute approximate surface area is 112 Å². The number of ether oxygens (including phenoxy) is 1. The van der Waals surface area contributed by atoms with Crippen molar-refractivity contribution in [1.29, 1.82) is 0 Å². The lowest BCUT2D eigenvalue weighted by atomic mass is 10.0. The Morgan fingerprint density at radius 3 is 2.89 bits per heavy atom. The van der Waals surface area contributed by atoms with Gasteiger partial charge in [0.1, 0.15) is 11.9 Å². The van der Waals surface area contributed by atoms with E-state index < -0.39 is 6.10 Å². The molecule has 0 bridgehead atoms. The van der Waals surface area contributed by atoms with E-state index in [9.17, 15) is 5.11 Å². The molecule has 0 aliphatic carbocycles. The molecule has 1 atom stereocenters. The Balaban J connectivity index is 2.16. The first-order valence-corrected chi connectivity index (χ1v) is 6.44. The van der Waals surface area contributed by atoms with Gasteiger partial charge in [0.05, 0.1) is 19.0 Å². The maximum atomic E-state index is 10.3. The number of methoxy groups -OCH3 is 1. The van der Waals surface area contributed by atoms with E-state index in [1.54, 1.807) is 18.0 Å². The van der Waals surface area contributed by atoms with Crippen LogP contribution in [0.4, 0.5) is 0 Å². The molecule has 1 heterocycles. The molecule has 0 radical (unpaired) electrons. The third-order valence-corrected chi connectivity index (χ3v) is 3.03. The highest BCUT2D eigenvalue weighted by Gasteiger charge is 2.16. The first-order valence-electron chi connectivity index (χ1n) is 6.44. The average molecular weight is 261 g/mol. The fourth-order valence-electron chi connectivity index (χ4n) is 2.09. The molecule has 19 heavy (non-hydrogen) atoms. The van der Waals surface area contributed by atoms with E-state index in [0.29, 0.717) is 6.42 Å². The number of benzene rings is 1. The van der Waals surface area contributed by atoms with Gasteiger partial charge in [-0.25, -0.2) is 4.68 Å². The highest BCUT2D eigenvalue weighted by atomic mass is 16.5. The predicted octanol–water partition coefficient (Wildman–Crippen LogP) is 1.97. The minimum Gasteiger partial charge on any atom is -0.496 e. The summed E-state index contributed by atoms with van der Waals surface area (Å²) >= 11 is 0. The Kier molecular flexibility index (Phi) is 4.52. The van der Waals surface area contributed by atoms with E-state index >= 15 is 0 Å². The molecule has 0 aliphatic rings. The number of hydrogen-bond acceptors (Lipinski definition) is 4. The number of aliphatic hydroxyl groups is 1. The fourth-order valence-corrected chi connectivity index (χ4v) is 2.09. The van der Waals surface area contributed by atoms with E-state index in [1.807, 2.05) is 24.3 Å². The van der Waals surface area contributed by atoms with Gasteiger partial charge in [-0.2, -0.15) is 0 Å². The monoisotopic (exact) mass is 261 g/mol. The summed E-state index contributed by atoms with van der Waals surface area (Å²) in [5.74, 6) is 0.788. The molecule has 0 saturated heterocycles. The van der Waals surface area contributed by atoms with E-state index in [4.69, 9.17) is 4.74 Å². The van der Waals surface area contributed by atoms with Crippen molar-refractivity contribution in [3.05, 3.63) is 41.7 Å². The van der Waals surface area contributed by atoms with E-state index in [1.165, 1.54) is 0 Å². The molecule has 5 nitrogen and oxygen atoms in total. The van der Waals surface area contributed by atoms with E-state index in [2.05, 4.69) is 17.2 Å². The summed E-state index contributed by atoms with van der Waals surface area (Å²) in [5, 5.41) is 18.2. The summed E-state index contributed by atoms with van der Waals surface area (Å²) in [4.78, 5) is 0. The molecule has 0 amide bonds. The molecule has 2 aromatic rings. The van der Waals surface area contributed by atoms with E-state index in [0.717, 1.165) is 30.0 Å². The van der Waals surface area contributed by atoms with Gasteiger partial charge in [-0.15, -0.1) is 5.10 Å². The largest absolute Gasteiger partial charge is 0.496 e. The van der Waals surface area contributed by atoms with Crippen molar-refractivity contribution >= 4 is 0 Å². The van der Waals surface area contributed by atoms with Crippen LogP contribution >= 0.6 is 0 Å². The Morgan fingerprint density at radius 2 is 2.16 bits per heavy atom. The van der Waals surface area contributed by atoms with Crippen LogP contribution in [0.3, 0.4) is 0 Å². The molecule has 0 fully saturated rings. The Hall–Kier alpha value is -1.88. The first-order chi connectivity index (χ1) is 9.26. The second kappa shape index (κ2) is 6.33. The zero-order valence-corrected chi connectivity index (χ0v) is 11.3. The van der Waals surface area contributed by atoms with Gasteiger partial charge < -0.3 is 9.84 Å². The fraction of sp³-hybridized carbons (Fsp3) is 0.429. The van der Waals surface area contributed by atoms with Crippen LogP contribution in [0, 0.1) is 0 Å². The summed E-state index contributed by atoms with van der Waals surface area (Å²) in [6.07, 6.45) is 2.44. The lowest BCUT2D eigenvalue weighted by molar-refractivity contribution is 0.165. The van der Waals surface area contributed by atoms with Crippen LogP contribution in [0.1, 0.15) is 30.7 Å². The molecular formula is C14H19N3O2. The molecule has 2 rings (SSSR count). The smallest absolute Gasteiger partial charge is 0.122 e. The van der Waals surface area contributed by atoms with Gasteiger partial charge >= 0.3 is 0 Å². The van der Waals surface area contributed by atoms with Gasteiger partial charge in [0.25, 0.3) is 0 Å². The standard InChI is InChI=1S/C14H19N3O2/c1-3-8-17-12(10-15-16-17)13(18)9-11-6-4-5-7-14(11)19-2/h4-7,10,13,18H,3,8-9H2,1-2H3. The molecule has 0 saturated carbocycles. The third-order valence-electron chi connectivity index (χ3n) is 3.03. The van der Waals surface area contributed by atoms with Gasteiger partial charge in [-0.05, 0) is 18.1 Å². The number of para-hydroxylation sites is 1. The highest BCUT2D eigenvalue weighted by molar-refractivity contribution is 5.34. The number of aliphatic hydroxyl groups excluding tert-OH is 1. The van der Waals surface area contributed by atoms with Crippen LogP contribution in [0.15, 0.2) is 30.5 Å². The SMILES string of the molecule is CCCn1nncc1C(O)Cc1ccccc1OC. The molecule has 102 valence electrons. The van der Waals surface area contributed by atoms with Crippen molar-refractivity contribution < 1.29 is 9.84 Å². The van der Waals surface area contributed by atoms with Gasteiger partial charge in [-0.1, -0.05) is 30.3 Å². The number of hydrogen-bond donors (Lipinski definition) is 1. The lowest BCUT2D eigenvalue weighted by Gasteiger charge is -2.14. The van der Waals surface area contributed by atoms with Crippen molar-refractivity contribution in [3.8, 4) is 5.75 Å². The Morgan fingerprint density at radius 1 is 1.37 bits per heavy atom. The van der Waals surface area contributed by atoms with Gasteiger partial charge in [-0.3, -0.25) is 0 Å². The minimum absolute atomic E-state index is 0.487. The molecule has 0 spiro atoms. The van der Waals surface area contributed by atoms with Crippen LogP contribution in [-0.2, 0) is 13.0 Å². The first kappa shape index (κ1) is 13.5. The number of rotatable bonds is 6. The molecule has 1 aromatic carbocycles. The zero-order chi connectivity index (χ0) is 13.7.